The Morgan fingerprint density at radius 1 is 0.516 bits per heavy atom. The number of rotatable bonds is 16. The van der Waals surface area contributed by atoms with Crippen LogP contribution < -0.4 is 10.2 Å². The Kier molecular flexibility index (Phi) is 57.7. The van der Waals surface area contributed by atoms with Crippen LogP contribution in [0.15, 0.2) is 0 Å². The zero-order chi connectivity index (χ0) is 23.9. The smallest absolute Gasteiger partial charge is 0.550 e. The molecule has 0 aliphatic carbocycles. The maximum absolute atomic E-state index is 9.65. The number of carbonyl (C=O) groups excluding carboxylic acids is 2. The van der Waals surface area contributed by atoms with Crippen LogP contribution >= 0.6 is 0 Å². The molecule has 0 aromatic rings. The number of carboxylic acids is 2. The molecule has 4 nitrogen and oxygen atoms in total. The van der Waals surface area contributed by atoms with E-state index in [2.05, 4.69) is 27.7 Å². The van der Waals surface area contributed by atoms with Crippen molar-refractivity contribution in [1.29, 1.82) is 0 Å². The van der Waals surface area contributed by atoms with Crippen molar-refractivity contribution in [1.82, 2.24) is 0 Å². The predicted octanol–water partition coefficient (Wildman–Crippen LogP) is 5.83. The number of unbranched alkanes of at least 4 members (excludes halogenated alkanes) is 12. The number of hydrogen-bond donors (Lipinski definition) is 0. The molecule has 5 heteroatoms. The zero-order valence-electron chi connectivity index (χ0n) is 21.3. The number of carbonyl (C=O) groups is 2. The summed E-state index contributed by atoms with van der Waals surface area (Å²) in [6, 6.07) is 0. The van der Waals surface area contributed by atoms with Crippen molar-refractivity contribution in [2.75, 3.05) is 0 Å². The second-order valence-electron chi connectivity index (χ2n) is 7.49. The number of hydrogen-bond acceptors (Lipinski definition) is 4. The van der Waals surface area contributed by atoms with Crippen LogP contribution in [0, 0.1) is 13.8 Å². The van der Waals surface area contributed by atoms with E-state index in [0.717, 1.165) is 38.5 Å². The Morgan fingerprint density at radius 2 is 0.774 bits per heavy atom. The van der Waals surface area contributed by atoms with Crippen LogP contribution in [-0.4, -0.2) is 35.8 Å². The first kappa shape index (κ1) is 41.0. The van der Waals surface area contributed by atoms with E-state index in [1.807, 2.05) is 13.8 Å². The molecule has 0 saturated heterocycles. The van der Waals surface area contributed by atoms with Gasteiger partial charge in [0.1, 0.15) is 0 Å². The van der Waals surface area contributed by atoms with Gasteiger partial charge in [-0.25, -0.2) is 0 Å². The summed E-state index contributed by atoms with van der Waals surface area (Å²) >= 11 is 0. The van der Waals surface area contributed by atoms with E-state index >= 15 is 0 Å². The summed E-state index contributed by atoms with van der Waals surface area (Å²) in [5.74, 6) is -1.89. The van der Waals surface area contributed by atoms with Gasteiger partial charge in [0.05, 0.1) is 0 Å². The largest absolute Gasteiger partial charge is 2.00 e. The van der Waals surface area contributed by atoms with Crippen molar-refractivity contribution in [3.8, 4) is 0 Å². The fraction of sp³-hybridized carbons (Fsp3) is 0.846. The van der Waals surface area contributed by atoms with E-state index in [4.69, 9.17) is 0 Å². The van der Waals surface area contributed by atoms with Gasteiger partial charge in [0.25, 0.3) is 0 Å². The third-order valence-electron chi connectivity index (χ3n) is 4.18. The van der Waals surface area contributed by atoms with Crippen LogP contribution in [-0.2, 0) is 9.59 Å². The van der Waals surface area contributed by atoms with E-state index in [1.54, 1.807) is 0 Å². The summed E-state index contributed by atoms with van der Waals surface area (Å²) in [5, 5.41) is 19.3. The van der Waals surface area contributed by atoms with E-state index < -0.39 is 11.9 Å². The van der Waals surface area contributed by atoms with Gasteiger partial charge in [-0.3, -0.25) is 0 Å². The molecular formula is C26H52O4Sn. The first-order valence-electron chi connectivity index (χ1n) is 12.4. The molecule has 0 aliphatic rings. The Bertz CT molecular complexity index is 268. The third-order valence-corrected chi connectivity index (χ3v) is 4.18. The van der Waals surface area contributed by atoms with Gasteiger partial charge in [-0.2, -0.15) is 0 Å². The molecular weight excluding hydrogens is 495 g/mol. The molecule has 0 aromatic heterocycles. The average molecular weight is 547 g/mol. The molecule has 0 unspecified atom stereocenters. The summed E-state index contributed by atoms with van der Waals surface area (Å²) in [4.78, 5) is 19.3. The van der Waals surface area contributed by atoms with Crippen LogP contribution in [0.2, 0.25) is 0 Å². The molecule has 0 aliphatic heterocycles. The monoisotopic (exact) mass is 548 g/mol. The standard InChI is InChI=1S/2C8H17.2C5H10O2.Sn/c2*1-3-5-7-8-6-4-2;2*1-2-3-4-5(6)7;/h2*1,3-8H2,2H3;2*2-4H2,1H3,(H,6,7);/q;;;;+2/p-2. The Labute approximate surface area is 212 Å². The second kappa shape index (κ2) is 43.6. The average Bonchev–Trinajstić information content (AvgIpc) is 2.73. The first-order valence-corrected chi connectivity index (χ1v) is 12.4. The molecule has 0 rings (SSSR count). The minimum absolute atomic E-state index is 0. The molecule has 0 aromatic carbocycles. The summed E-state index contributed by atoms with van der Waals surface area (Å²) in [7, 11) is 0. The van der Waals surface area contributed by atoms with Gasteiger partial charge in [0, 0.05) is 11.9 Å². The Morgan fingerprint density at radius 3 is 0.935 bits per heavy atom. The molecule has 0 amide bonds. The minimum Gasteiger partial charge on any atom is -0.550 e. The maximum atomic E-state index is 9.65. The van der Waals surface area contributed by atoms with Crippen molar-refractivity contribution in [3.05, 3.63) is 13.8 Å². The van der Waals surface area contributed by atoms with Crippen molar-refractivity contribution >= 4 is 35.8 Å². The SMILES string of the molecule is CCCCC(=O)[O-].CCCCC(=O)[O-].[CH2]CCCCCCC.[CH2]CCCCCCC.[Sn+2]. The van der Waals surface area contributed by atoms with E-state index in [0.29, 0.717) is 0 Å². The van der Waals surface area contributed by atoms with Crippen molar-refractivity contribution < 1.29 is 19.8 Å². The van der Waals surface area contributed by atoms with Crippen LogP contribution in [0.3, 0.4) is 0 Å². The minimum atomic E-state index is -0.943. The number of aliphatic carboxylic acids is 2. The van der Waals surface area contributed by atoms with Crippen molar-refractivity contribution in [3.63, 3.8) is 0 Å². The normalized spacial score (nSPS) is 8.97. The molecule has 0 spiro atoms. The van der Waals surface area contributed by atoms with Gasteiger partial charge in [-0.05, 0) is 25.7 Å². The Hall–Kier alpha value is -0.261. The molecule has 0 fully saturated rings. The first-order chi connectivity index (χ1) is 14.4. The maximum Gasteiger partial charge on any atom is 2.00 e. The molecule has 31 heavy (non-hydrogen) atoms. The molecule has 0 N–H and O–H groups in total. The van der Waals surface area contributed by atoms with Gasteiger partial charge >= 0.3 is 23.9 Å². The van der Waals surface area contributed by atoms with Crippen molar-refractivity contribution in [2.24, 2.45) is 0 Å². The summed E-state index contributed by atoms with van der Waals surface area (Å²) < 4.78 is 0. The van der Waals surface area contributed by atoms with Crippen LogP contribution in [0.1, 0.15) is 143 Å². The molecule has 0 atom stereocenters. The molecule has 184 valence electrons. The van der Waals surface area contributed by atoms with Crippen LogP contribution in [0.25, 0.3) is 0 Å². The quantitative estimate of drug-likeness (QED) is 0.180. The van der Waals surface area contributed by atoms with Gasteiger partial charge in [-0.15, -0.1) is 0 Å². The molecule has 0 saturated carbocycles. The van der Waals surface area contributed by atoms with Gasteiger partial charge in [0.2, 0.25) is 0 Å². The van der Waals surface area contributed by atoms with Gasteiger partial charge in [0.15, 0.2) is 0 Å². The van der Waals surface area contributed by atoms with E-state index in [-0.39, 0.29) is 36.7 Å². The van der Waals surface area contributed by atoms with Crippen LogP contribution in [0.5, 0.6) is 0 Å². The van der Waals surface area contributed by atoms with E-state index in [9.17, 15) is 19.8 Å². The second-order valence-corrected chi connectivity index (χ2v) is 7.49. The predicted molar refractivity (Wildman–Crippen MR) is 132 cm³/mol. The number of carboxylic acid groups (broad SMARTS) is 2. The topological polar surface area (TPSA) is 80.3 Å². The third kappa shape index (κ3) is 72.7. The molecule has 0 heterocycles. The molecule has 0 bridgehead atoms. The summed E-state index contributed by atoms with van der Waals surface area (Å²) in [5.41, 5.74) is 0. The zero-order valence-corrected chi connectivity index (χ0v) is 24.1. The van der Waals surface area contributed by atoms with E-state index in [1.165, 1.54) is 64.2 Å². The fourth-order valence-electron chi connectivity index (χ4n) is 2.20. The van der Waals surface area contributed by atoms with Crippen molar-refractivity contribution in [2.45, 2.75) is 143 Å². The summed E-state index contributed by atoms with van der Waals surface area (Å²) in [6.07, 6.45) is 19.7. The van der Waals surface area contributed by atoms with Crippen LogP contribution in [0.4, 0.5) is 0 Å². The molecule has 4 radical (unpaired) electrons. The fourth-order valence-corrected chi connectivity index (χ4v) is 2.20. The van der Waals surface area contributed by atoms with Gasteiger partial charge < -0.3 is 19.8 Å². The van der Waals surface area contributed by atoms with Gasteiger partial charge in [-0.1, -0.05) is 131 Å². The Balaban J connectivity index is -0.0000000961. The summed E-state index contributed by atoms with van der Waals surface area (Å²) in [6.45, 7) is 15.9.